The first-order chi connectivity index (χ1) is 10.2. The summed E-state index contributed by atoms with van der Waals surface area (Å²) in [5.41, 5.74) is 4.02. The average molecular weight is 325 g/mol. The van der Waals surface area contributed by atoms with E-state index in [2.05, 4.69) is 75.6 Å². The Hall–Kier alpha value is -1.10. The van der Waals surface area contributed by atoms with Gasteiger partial charge in [-0.1, -0.05) is 0 Å². The van der Waals surface area contributed by atoms with E-state index < -0.39 is 0 Å². The van der Waals surface area contributed by atoms with E-state index in [1.807, 2.05) is 0 Å². The zero-order valence-electron chi connectivity index (χ0n) is 17.0. The third-order valence-electron chi connectivity index (χ3n) is 3.45. The van der Waals surface area contributed by atoms with Crippen molar-refractivity contribution >= 4 is 0 Å². The minimum Gasteiger partial charge on any atom is -0.496 e. The maximum absolute atomic E-state index is 5.83. The van der Waals surface area contributed by atoms with Crippen molar-refractivity contribution in [1.82, 2.24) is 0 Å². The predicted octanol–water partition coefficient (Wildman–Crippen LogP) is 2.31. The van der Waals surface area contributed by atoms with Crippen molar-refractivity contribution in [3.05, 3.63) is 28.8 Å². The number of hydrogen-bond donors (Lipinski definition) is 0. The first kappa shape index (κ1) is 19.9. The van der Waals surface area contributed by atoms with E-state index in [4.69, 9.17) is 4.74 Å². The highest BCUT2D eigenvalue weighted by Crippen LogP contribution is 2.30. The van der Waals surface area contributed by atoms with Crippen LogP contribution < -0.4 is 4.74 Å². The number of methoxy groups -OCH3 is 1. The number of benzene rings is 1. The molecule has 23 heavy (non-hydrogen) atoms. The third kappa shape index (κ3) is 7.34. The van der Waals surface area contributed by atoms with Crippen LogP contribution in [0.1, 0.15) is 16.7 Å². The molecule has 4 heteroatoms. The number of quaternary nitrogens is 3. The molecule has 0 saturated heterocycles. The second kappa shape index (κ2) is 6.80. The largest absolute Gasteiger partial charge is 0.496 e. The molecule has 0 aromatic heterocycles. The van der Waals surface area contributed by atoms with Crippen molar-refractivity contribution < 1.29 is 18.2 Å². The molecule has 0 heterocycles. The predicted molar refractivity (Wildman–Crippen MR) is 98.2 cm³/mol. The molecule has 4 nitrogen and oxygen atoms in total. The highest BCUT2D eigenvalue weighted by atomic mass is 16.5. The molecule has 1 aromatic carbocycles. The van der Waals surface area contributed by atoms with Crippen LogP contribution in [0.4, 0.5) is 0 Å². The summed E-state index contributed by atoms with van der Waals surface area (Å²) in [5, 5.41) is 0. The lowest BCUT2D eigenvalue weighted by Crippen LogP contribution is -2.36. The van der Waals surface area contributed by atoms with Gasteiger partial charge in [-0.3, -0.25) is 0 Å². The van der Waals surface area contributed by atoms with Crippen molar-refractivity contribution in [3.63, 3.8) is 0 Å². The van der Waals surface area contributed by atoms with Gasteiger partial charge in [0.2, 0.25) is 0 Å². The molecule has 132 valence electrons. The maximum Gasteiger partial charge on any atom is 0.136 e. The van der Waals surface area contributed by atoms with Crippen LogP contribution in [-0.4, -0.2) is 84.0 Å². The summed E-state index contributed by atoms with van der Waals surface area (Å²) in [6, 6.07) is 4.68. The molecule has 1 rings (SSSR count). The number of rotatable bonds is 7. The highest BCUT2D eigenvalue weighted by Gasteiger charge is 2.22. The first-order valence-corrected chi connectivity index (χ1v) is 8.30. The maximum atomic E-state index is 5.83. The van der Waals surface area contributed by atoms with Crippen molar-refractivity contribution in [3.8, 4) is 5.75 Å². The third-order valence-corrected chi connectivity index (χ3v) is 3.45. The Bertz CT molecular complexity index is 494. The molecule has 0 atom stereocenters. The molecule has 0 unspecified atom stereocenters. The fraction of sp³-hybridized carbons (Fsp3) is 0.684. The van der Waals surface area contributed by atoms with Gasteiger partial charge in [-0.25, -0.2) is 0 Å². The molecule has 1 aromatic rings. The smallest absolute Gasteiger partial charge is 0.136 e. The SMILES string of the molecule is COc1c(C[N+](C)(C)C)cc(C[N+](C)(C)C)cc1C[N+](C)(C)C. The molecule has 0 spiro atoms. The molecule has 0 bridgehead atoms. The van der Waals surface area contributed by atoms with Crippen LogP contribution in [0, 0.1) is 0 Å². The summed E-state index contributed by atoms with van der Waals surface area (Å²) in [5.74, 6) is 1.07. The summed E-state index contributed by atoms with van der Waals surface area (Å²) in [6.07, 6.45) is 0. The van der Waals surface area contributed by atoms with Crippen molar-refractivity contribution in [2.45, 2.75) is 19.6 Å². The van der Waals surface area contributed by atoms with Crippen LogP contribution >= 0.6 is 0 Å². The first-order valence-electron chi connectivity index (χ1n) is 8.30. The minimum absolute atomic E-state index is 0.897. The molecule has 0 aliphatic carbocycles. The highest BCUT2D eigenvalue weighted by molar-refractivity contribution is 5.44. The van der Waals surface area contributed by atoms with Gasteiger partial charge < -0.3 is 18.2 Å². The van der Waals surface area contributed by atoms with Crippen LogP contribution in [0.5, 0.6) is 5.75 Å². The Morgan fingerprint density at radius 2 is 1.00 bits per heavy atom. The Balaban J connectivity index is 3.40. The van der Waals surface area contributed by atoms with Gasteiger partial charge in [-0.2, -0.15) is 0 Å². The van der Waals surface area contributed by atoms with Gasteiger partial charge in [0.15, 0.2) is 0 Å². The summed E-state index contributed by atoms with van der Waals surface area (Å²) in [6.45, 7) is 2.97. The summed E-state index contributed by atoms with van der Waals surface area (Å²) in [4.78, 5) is 0. The van der Waals surface area contributed by atoms with E-state index in [1.54, 1.807) is 7.11 Å². The van der Waals surface area contributed by atoms with E-state index in [0.29, 0.717) is 0 Å². The van der Waals surface area contributed by atoms with Crippen LogP contribution in [0.2, 0.25) is 0 Å². The molecule has 0 N–H and O–H groups in total. The summed E-state index contributed by atoms with van der Waals surface area (Å²) in [7, 11) is 21.9. The van der Waals surface area contributed by atoms with Crippen LogP contribution in [0.3, 0.4) is 0 Å². The normalized spacial score (nSPS) is 13.3. The molecular formula is C19H38N3O+3. The van der Waals surface area contributed by atoms with Gasteiger partial charge >= 0.3 is 0 Å². The molecular weight excluding hydrogens is 286 g/mol. The fourth-order valence-corrected chi connectivity index (χ4v) is 2.98. The van der Waals surface area contributed by atoms with Gasteiger partial charge in [-0.15, -0.1) is 0 Å². The van der Waals surface area contributed by atoms with Gasteiger partial charge in [0.05, 0.1) is 70.5 Å². The fourth-order valence-electron chi connectivity index (χ4n) is 2.98. The minimum atomic E-state index is 0.897. The number of ether oxygens (including phenoxy) is 1. The lowest BCUT2D eigenvalue weighted by atomic mass is 10.0. The Labute approximate surface area is 143 Å². The van der Waals surface area contributed by atoms with Gasteiger partial charge in [0, 0.05) is 16.7 Å². The van der Waals surface area contributed by atoms with Gasteiger partial charge in [0.1, 0.15) is 25.4 Å². The Morgan fingerprint density at radius 3 is 1.26 bits per heavy atom. The van der Waals surface area contributed by atoms with Crippen molar-refractivity contribution in [2.24, 2.45) is 0 Å². The molecule has 0 fully saturated rings. The van der Waals surface area contributed by atoms with E-state index in [9.17, 15) is 0 Å². The molecule has 0 radical (unpaired) electrons. The number of hydrogen-bond acceptors (Lipinski definition) is 1. The molecule has 0 aliphatic rings. The molecule has 0 saturated carbocycles. The zero-order chi connectivity index (χ0) is 18.1. The quantitative estimate of drug-likeness (QED) is 0.700. The van der Waals surface area contributed by atoms with E-state index >= 15 is 0 Å². The van der Waals surface area contributed by atoms with E-state index in [0.717, 1.165) is 38.8 Å². The summed E-state index contributed by atoms with van der Waals surface area (Å²) < 4.78 is 8.55. The monoisotopic (exact) mass is 324 g/mol. The second-order valence-electron chi connectivity index (χ2n) is 9.79. The van der Waals surface area contributed by atoms with Crippen LogP contribution in [0.15, 0.2) is 12.1 Å². The van der Waals surface area contributed by atoms with Crippen molar-refractivity contribution in [1.29, 1.82) is 0 Å². The number of nitrogens with zero attached hydrogens (tertiary/aromatic N) is 3. The van der Waals surface area contributed by atoms with E-state index in [-0.39, 0.29) is 0 Å². The molecule has 0 aliphatic heterocycles. The van der Waals surface area contributed by atoms with Gasteiger partial charge in [0.25, 0.3) is 0 Å². The summed E-state index contributed by atoms with van der Waals surface area (Å²) >= 11 is 0. The zero-order valence-corrected chi connectivity index (χ0v) is 17.0. The lowest BCUT2D eigenvalue weighted by molar-refractivity contribution is -0.885. The topological polar surface area (TPSA) is 9.23 Å². The standard InChI is InChI=1S/C19H38N3O/c1-20(2,3)13-16-11-17(14-21(4,5)6)19(23-10)18(12-16)15-22(7,8)9/h11-12H,13-15H2,1-10H3/q+3. The van der Waals surface area contributed by atoms with Crippen LogP contribution in [-0.2, 0) is 19.6 Å². The second-order valence-corrected chi connectivity index (χ2v) is 9.79. The Morgan fingerprint density at radius 1 is 0.652 bits per heavy atom. The van der Waals surface area contributed by atoms with Crippen molar-refractivity contribution in [2.75, 3.05) is 70.5 Å². The Kier molecular flexibility index (Phi) is 5.89. The average Bonchev–Trinajstić information content (AvgIpc) is 2.21. The van der Waals surface area contributed by atoms with Crippen LogP contribution in [0.25, 0.3) is 0 Å². The lowest BCUT2D eigenvalue weighted by Gasteiger charge is -2.30. The van der Waals surface area contributed by atoms with Gasteiger partial charge in [-0.05, 0) is 12.1 Å². The van der Waals surface area contributed by atoms with E-state index in [1.165, 1.54) is 16.7 Å². The molecule has 0 amide bonds.